The second kappa shape index (κ2) is 11.5. The normalized spacial score (nSPS) is 14.6. The molecule has 2 aromatic heterocycles. The van der Waals surface area contributed by atoms with Crippen LogP contribution in [0.4, 0.5) is 37.2 Å². The molecule has 0 unspecified atom stereocenters. The number of carbonyl (C=O) groups excluding carboxylic acids is 2. The molecule has 0 atom stereocenters. The molecule has 3 heterocycles. The van der Waals surface area contributed by atoms with E-state index in [1.54, 1.807) is 4.90 Å². The Kier molecular flexibility index (Phi) is 8.31. The number of ether oxygens (including phenoxy) is 2. The summed E-state index contributed by atoms with van der Waals surface area (Å²) >= 11 is 0.631. The molecule has 17 heteroatoms. The lowest BCUT2D eigenvalue weighted by Gasteiger charge is -2.26. The van der Waals surface area contributed by atoms with Gasteiger partial charge in [-0.25, -0.2) is 0 Å². The molecule has 3 aromatic rings. The number of benzene rings is 1. The summed E-state index contributed by atoms with van der Waals surface area (Å²) in [4.78, 5) is 30.7. The van der Waals surface area contributed by atoms with Gasteiger partial charge in [-0.15, -0.1) is 23.4 Å². The fourth-order valence-electron chi connectivity index (χ4n) is 3.50. The molecule has 1 saturated heterocycles. The van der Waals surface area contributed by atoms with Crippen LogP contribution in [0.3, 0.4) is 0 Å². The number of amides is 2. The molecule has 1 aliphatic rings. The Morgan fingerprint density at radius 2 is 1.79 bits per heavy atom. The number of aromatic nitrogens is 3. The predicted molar refractivity (Wildman–Crippen MR) is 125 cm³/mol. The highest BCUT2D eigenvalue weighted by atomic mass is 32.1. The minimum atomic E-state index is -5.07. The third kappa shape index (κ3) is 7.61. The number of morpholine rings is 1. The van der Waals surface area contributed by atoms with Crippen LogP contribution in [0.5, 0.6) is 5.75 Å². The van der Waals surface area contributed by atoms with E-state index in [0.29, 0.717) is 37.6 Å². The first-order chi connectivity index (χ1) is 18.4. The van der Waals surface area contributed by atoms with Gasteiger partial charge in [0.1, 0.15) is 0 Å². The maximum Gasteiger partial charge on any atom is 0.573 e. The van der Waals surface area contributed by atoms with E-state index in [0.717, 1.165) is 36.7 Å². The average molecular weight is 576 g/mol. The topological polar surface area (TPSA) is 119 Å². The van der Waals surface area contributed by atoms with Crippen LogP contribution in [0.1, 0.15) is 15.9 Å². The van der Waals surface area contributed by atoms with Crippen molar-refractivity contribution in [2.24, 2.45) is 0 Å². The van der Waals surface area contributed by atoms with Gasteiger partial charge >= 0.3 is 12.5 Å². The highest BCUT2D eigenvalue weighted by Crippen LogP contribution is 2.38. The second-order valence-electron chi connectivity index (χ2n) is 7.98. The summed E-state index contributed by atoms with van der Waals surface area (Å²) in [5.41, 5.74) is -1.95. The lowest BCUT2D eigenvalue weighted by atomic mass is 10.1. The number of anilines is 2. The Morgan fingerprint density at radius 3 is 2.49 bits per heavy atom. The van der Waals surface area contributed by atoms with E-state index in [4.69, 9.17) is 4.74 Å². The predicted octanol–water partition coefficient (Wildman–Crippen LogP) is 4.04. The largest absolute Gasteiger partial charge is 0.573 e. The zero-order valence-corrected chi connectivity index (χ0v) is 20.4. The van der Waals surface area contributed by atoms with E-state index in [2.05, 4.69) is 30.6 Å². The van der Waals surface area contributed by atoms with E-state index in [1.807, 2.05) is 0 Å². The highest BCUT2D eigenvalue weighted by Gasteiger charge is 2.35. The highest BCUT2D eigenvalue weighted by molar-refractivity contribution is 7.18. The van der Waals surface area contributed by atoms with Crippen LogP contribution in [0.2, 0.25) is 0 Å². The van der Waals surface area contributed by atoms with Crippen LogP contribution < -0.4 is 15.4 Å². The number of nitrogens with one attached hydrogen (secondary N) is 2. The van der Waals surface area contributed by atoms with Gasteiger partial charge < -0.3 is 14.8 Å². The van der Waals surface area contributed by atoms with Gasteiger partial charge in [-0.05, 0) is 24.3 Å². The number of nitrogens with zero attached hydrogens (tertiary/aromatic N) is 4. The number of hydrogen-bond acceptors (Lipinski definition) is 9. The van der Waals surface area contributed by atoms with E-state index in [-0.39, 0.29) is 27.8 Å². The molecule has 0 saturated carbocycles. The van der Waals surface area contributed by atoms with E-state index >= 15 is 0 Å². The standard InChI is InChI=1S/C22H18F6N6O4S/c23-21(24,25)14-3-4-29-10-13(14)19-32-33-20(39-19)31-18(36)12-1-2-16(38-22(26,27)28)15(9-12)30-17(35)11-34-5-7-37-8-6-34/h1-4,9-10H,5-8,11H2,(H,30,35)(H,31,33,36). The van der Waals surface area contributed by atoms with Crippen molar-refractivity contribution in [1.29, 1.82) is 0 Å². The van der Waals surface area contributed by atoms with Crippen molar-refractivity contribution in [3.8, 4) is 16.3 Å². The molecule has 0 radical (unpaired) electrons. The van der Waals surface area contributed by atoms with Crippen molar-refractivity contribution in [1.82, 2.24) is 20.1 Å². The zero-order valence-electron chi connectivity index (χ0n) is 19.6. The summed E-state index contributed by atoms with van der Waals surface area (Å²) in [5.74, 6) is -2.27. The smallest absolute Gasteiger partial charge is 0.404 e. The molecular formula is C22H18F6N6O4S. The lowest BCUT2D eigenvalue weighted by molar-refractivity contribution is -0.274. The minimum absolute atomic E-state index is 0.132. The Morgan fingerprint density at radius 1 is 1.05 bits per heavy atom. The van der Waals surface area contributed by atoms with Crippen molar-refractivity contribution in [3.05, 3.63) is 47.8 Å². The van der Waals surface area contributed by atoms with Crippen LogP contribution in [-0.4, -0.2) is 71.1 Å². The van der Waals surface area contributed by atoms with Gasteiger partial charge in [0.15, 0.2) is 10.8 Å². The molecule has 0 bridgehead atoms. The maximum atomic E-state index is 13.3. The Labute approximate surface area is 219 Å². The maximum absolute atomic E-state index is 13.3. The third-order valence-corrected chi connectivity index (χ3v) is 6.09. The van der Waals surface area contributed by atoms with Gasteiger partial charge in [0, 0.05) is 36.6 Å². The SMILES string of the molecule is O=C(CN1CCOCC1)Nc1cc(C(=O)Nc2nnc(-c3cnccc3C(F)(F)F)s2)ccc1OC(F)(F)F. The van der Waals surface area contributed by atoms with Crippen LogP contribution in [0.25, 0.3) is 10.6 Å². The van der Waals surface area contributed by atoms with Gasteiger partial charge in [-0.2, -0.15) is 13.2 Å². The number of hydrogen-bond donors (Lipinski definition) is 2. The summed E-state index contributed by atoms with van der Waals surface area (Å²) in [6, 6.07) is 3.61. The van der Waals surface area contributed by atoms with E-state index in [1.165, 1.54) is 0 Å². The molecule has 2 amide bonds. The molecule has 4 rings (SSSR count). The molecule has 208 valence electrons. The number of rotatable bonds is 7. The zero-order chi connectivity index (χ0) is 28.2. The molecule has 1 aliphatic heterocycles. The number of alkyl halides is 6. The fourth-order valence-corrected chi connectivity index (χ4v) is 4.26. The van der Waals surface area contributed by atoms with Crippen LogP contribution in [0.15, 0.2) is 36.7 Å². The fraction of sp³-hybridized carbons (Fsp3) is 0.318. The molecule has 2 N–H and O–H groups in total. The van der Waals surface area contributed by atoms with E-state index < -0.39 is 41.4 Å². The molecule has 1 fully saturated rings. The first-order valence-corrected chi connectivity index (χ1v) is 11.9. The summed E-state index contributed by atoms with van der Waals surface area (Å²) in [6.45, 7) is 1.57. The van der Waals surface area contributed by atoms with E-state index in [9.17, 15) is 35.9 Å². The van der Waals surface area contributed by atoms with Gasteiger partial charge in [0.2, 0.25) is 11.0 Å². The molecular weight excluding hydrogens is 558 g/mol. The summed E-state index contributed by atoms with van der Waals surface area (Å²) in [6.07, 6.45) is -7.83. The van der Waals surface area contributed by atoms with Gasteiger partial charge in [0.25, 0.3) is 5.91 Å². The number of pyridine rings is 1. The Bertz CT molecular complexity index is 1340. The quantitative estimate of drug-likeness (QED) is 0.405. The molecule has 1 aromatic carbocycles. The first kappa shape index (κ1) is 28.2. The van der Waals surface area contributed by atoms with Crippen molar-refractivity contribution in [3.63, 3.8) is 0 Å². The lowest BCUT2D eigenvalue weighted by Crippen LogP contribution is -2.41. The van der Waals surface area contributed by atoms with Crippen molar-refractivity contribution in [2.45, 2.75) is 12.5 Å². The van der Waals surface area contributed by atoms with Gasteiger partial charge in [0.05, 0.1) is 31.0 Å². The summed E-state index contributed by atoms with van der Waals surface area (Å²) in [5, 5.41) is 11.6. The first-order valence-electron chi connectivity index (χ1n) is 11.1. The summed E-state index contributed by atoms with van der Waals surface area (Å²) < 4.78 is 87.8. The Hall–Kier alpha value is -3.83. The number of carbonyl (C=O) groups is 2. The molecule has 10 nitrogen and oxygen atoms in total. The third-order valence-electron chi connectivity index (χ3n) is 5.21. The van der Waals surface area contributed by atoms with Crippen LogP contribution >= 0.6 is 11.3 Å². The molecule has 39 heavy (non-hydrogen) atoms. The van der Waals surface area contributed by atoms with Gasteiger partial charge in [-0.1, -0.05) is 11.3 Å². The van der Waals surface area contributed by atoms with Crippen LogP contribution in [0, 0.1) is 0 Å². The minimum Gasteiger partial charge on any atom is -0.404 e. The van der Waals surface area contributed by atoms with Crippen LogP contribution in [-0.2, 0) is 15.7 Å². The second-order valence-corrected chi connectivity index (χ2v) is 8.96. The molecule has 0 spiro atoms. The van der Waals surface area contributed by atoms with Crippen molar-refractivity contribution in [2.75, 3.05) is 43.5 Å². The van der Waals surface area contributed by atoms with Crippen molar-refractivity contribution >= 4 is 34.0 Å². The van der Waals surface area contributed by atoms with Gasteiger partial charge in [-0.3, -0.25) is 24.8 Å². The average Bonchev–Trinajstić information content (AvgIpc) is 3.32. The van der Waals surface area contributed by atoms with Crippen molar-refractivity contribution < 1.29 is 45.4 Å². The Balaban J connectivity index is 1.52. The number of halogens is 6. The monoisotopic (exact) mass is 576 g/mol. The molecule has 0 aliphatic carbocycles. The summed E-state index contributed by atoms with van der Waals surface area (Å²) in [7, 11) is 0.